The molecule has 0 bridgehead atoms. The molecular weight excluding hydrogens is 246 g/mol. The Balaban J connectivity index is 1.82. The highest BCUT2D eigenvalue weighted by Gasteiger charge is 2.17. The molecule has 0 radical (unpaired) electrons. The van der Waals surface area contributed by atoms with Crippen LogP contribution in [0.25, 0.3) is 10.9 Å². The summed E-state index contributed by atoms with van der Waals surface area (Å²) in [7, 11) is 2.17. The number of hydrogen-bond acceptors (Lipinski definition) is 3. The maximum absolute atomic E-state index is 4.85. The molecule has 20 heavy (non-hydrogen) atoms. The van der Waals surface area contributed by atoms with Gasteiger partial charge in [-0.3, -0.25) is 0 Å². The second kappa shape index (κ2) is 5.80. The van der Waals surface area contributed by atoms with E-state index in [1.54, 1.807) is 0 Å². The maximum atomic E-state index is 4.85. The van der Waals surface area contributed by atoms with Gasteiger partial charge in [0.2, 0.25) is 0 Å². The summed E-state index contributed by atoms with van der Waals surface area (Å²) < 4.78 is 0. The smallest absolute Gasteiger partial charge is 0.131 e. The van der Waals surface area contributed by atoms with Crippen LogP contribution in [0.15, 0.2) is 30.3 Å². The van der Waals surface area contributed by atoms with Crippen molar-refractivity contribution in [2.75, 3.05) is 31.6 Å². The molecule has 1 aliphatic rings. The van der Waals surface area contributed by atoms with Gasteiger partial charge in [0.1, 0.15) is 5.82 Å². The molecule has 1 saturated heterocycles. The van der Waals surface area contributed by atoms with Crippen LogP contribution in [0, 0.1) is 12.8 Å². The highest BCUT2D eigenvalue weighted by molar-refractivity contribution is 5.81. The maximum Gasteiger partial charge on any atom is 0.131 e. The SMILES string of the molecule is Cc1cc2ccccc2nc1N(C)CC1CCNCC1. The highest BCUT2D eigenvalue weighted by atomic mass is 15.2. The molecule has 0 atom stereocenters. The minimum atomic E-state index is 0.786. The predicted molar refractivity (Wildman–Crippen MR) is 85.3 cm³/mol. The average Bonchev–Trinajstić information content (AvgIpc) is 2.47. The molecule has 1 aromatic heterocycles. The van der Waals surface area contributed by atoms with Crippen LogP contribution in [-0.4, -0.2) is 31.7 Å². The molecule has 0 unspecified atom stereocenters. The summed E-state index contributed by atoms with van der Waals surface area (Å²) in [5, 5.41) is 4.66. The zero-order valence-electron chi connectivity index (χ0n) is 12.4. The Morgan fingerprint density at radius 3 is 2.80 bits per heavy atom. The monoisotopic (exact) mass is 269 g/mol. The Morgan fingerprint density at radius 2 is 2.00 bits per heavy atom. The van der Waals surface area contributed by atoms with Gasteiger partial charge in [0.15, 0.2) is 0 Å². The van der Waals surface area contributed by atoms with Crippen LogP contribution in [0.3, 0.4) is 0 Å². The first-order chi connectivity index (χ1) is 9.74. The quantitative estimate of drug-likeness (QED) is 0.928. The van der Waals surface area contributed by atoms with E-state index in [0.29, 0.717) is 0 Å². The molecule has 1 fully saturated rings. The fourth-order valence-corrected chi connectivity index (χ4v) is 3.14. The molecule has 2 heterocycles. The number of aromatic nitrogens is 1. The lowest BCUT2D eigenvalue weighted by Crippen LogP contribution is -2.35. The predicted octanol–water partition coefficient (Wildman–Crippen LogP) is 2.98. The fraction of sp³-hybridized carbons (Fsp3) is 0.471. The number of hydrogen-bond donors (Lipinski definition) is 1. The number of nitrogens with one attached hydrogen (secondary N) is 1. The fourth-order valence-electron chi connectivity index (χ4n) is 3.14. The third kappa shape index (κ3) is 2.78. The Labute approximate surface area is 121 Å². The van der Waals surface area contributed by atoms with Gasteiger partial charge in [-0.15, -0.1) is 0 Å². The number of benzene rings is 1. The van der Waals surface area contributed by atoms with Crippen LogP contribution in [0.1, 0.15) is 18.4 Å². The average molecular weight is 269 g/mol. The van der Waals surface area contributed by atoms with Crippen LogP contribution in [0.4, 0.5) is 5.82 Å². The number of para-hydroxylation sites is 1. The van der Waals surface area contributed by atoms with Gasteiger partial charge in [0.25, 0.3) is 0 Å². The van der Waals surface area contributed by atoms with E-state index < -0.39 is 0 Å². The first-order valence-corrected chi connectivity index (χ1v) is 7.52. The van der Waals surface area contributed by atoms with E-state index in [1.165, 1.54) is 23.8 Å². The first-order valence-electron chi connectivity index (χ1n) is 7.52. The van der Waals surface area contributed by atoms with Crippen molar-refractivity contribution in [3.8, 4) is 0 Å². The number of anilines is 1. The van der Waals surface area contributed by atoms with Crippen molar-refractivity contribution in [2.24, 2.45) is 5.92 Å². The number of pyridine rings is 1. The first kappa shape index (κ1) is 13.4. The van der Waals surface area contributed by atoms with Crippen LogP contribution in [0.2, 0.25) is 0 Å². The van der Waals surface area contributed by atoms with Crippen LogP contribution >= 0.6 is 0 Å². The lowest BCUT2D eigenvalue weighted by molar-refractivity contribution is 0.377. The highest BCUT2D eigenvalue weighted by Crippen LogP contribution is 2.24. The number of rotatable bonds is 3. The Morgan fingerprint density at radius 1 is 1.25 bits per heavy atom. The third-order valence-corrected chi connectivity index (χ3v) is 4.24. The molecular formula is C17H23N3. The van der Waals surface area contributed by atoms with Gasteiger partial charge in [0.05, 0.1) is 5.52 Å². The van der Waals surface area contributed by atoms with Crippen molar-refractivity contribution >= 4 is 16.7 Å². The van der Waals surface area contributed by atoms with E-state index in [-0.39, 0.29) is 0 Å². The Kier molecular flexibility index (Phi) is 3.88. The summed E-state index contributed by atoms with van der Waals surface area (Å²) in [6, 6.07) is 10.6. The number of fused-ring (bicyclic) bond motifs is 1. The third-order valence-electron chi connectivity index (χ3n) is 4.24. The van der Waals surface area contributed by atoms with Crippen molar-refractivity contribution in [1.82, 2.24) is 10.3 Å². The molecule has 1 N–H and O–H groups in total. The molecule has 0 amide bonds. The van der Waals surface area contributed by atoms with Gasteiger partial charge < -0.3 is 10.2 Å². The number of aryl methyl sites for hydroxylation is 1. The molecule has 106 valence electrons. The summed E-state index contributed by atoms with van der Waals surface area (Å²) in [4.78, 5) is 7.18. The van der Waals surface area contributed by atoms with E-state index in [2.05, 4.69) is 54.5 Å². The second-order valence-electron chi connectivity index (χ2n) is 5.90. The van der Waals surface area contributed by atoms with E-state index in [4.69, 9.17) is 4.98 Å². The Bertz CT molecular complexity index is 588. The molecule has 3 nitrogen and oxygen atoms in total. The Hall–Kier alpha value is -1.61. The van der Waals surface area contributed by atoms with Gasteiger partial charge >= 0.3 is 0 Å². The van der Waals surface area contributed by atoms with E-state index >= 15 is 0 Å². The summed E-state index contributed by atoms with van der Waals surface area (Å²) in [5.41, 5.74) is 2.35. The normalized spacial score (nSPS) is 16.5. The zero-order valence-corrected chi connectivity index (χ0v) is 12.4. The number of piperidine rings is 1. The van der Waals surface area contributed by atoms with Crippen molar-refractivity contribution in [2.45, 2.75) is 19.8 Å². The van der Waals surface area contributed by atoms with Crippen LogP contribution in [0.5, 0.6) is 0 Å². The molecule has 0 spiro atoms. The molecule has 2 aromatic rings. The molecule has 0 aliphatic carbocycles. The van der Waals surface area contributed by atoms with E-state index in [0.717, 1.165) is 36.9 Å². The minimum Gasteiger partial charge on any atom is -0.359 e. The van der Waals surface area contributed by atoms with E-state index in [9.17, 15) is 0 Å². The summed E-state index contributed by atoms with van der Waals surface area (Å²) in [6.45, 7) is 5.58. The van der Waals surface area contributed by atoms with Gasteiger partial charge in [0, 0.05) is 19.0 Å². The van der Waals surface area contributed by atoms with Crippen LogP contribution in [-0.2, 0) is 0 Å². The van der Waals surface area contributed by atoms with Gasteiger partial charge in [-0.05, 0) is 56.5 Å². The lowest BCUT2D eigenvalue weighted by atomic mass is 9.97. The molecule has 3 heteroatoms. The number of nitrogens with zero attached hydrogens (tertiary/aromatic N) is 2. The summed E-state index contributed by atoms with van der Waals surface area (Å²) >= 11 is 0. The standard InChI is InChI=1S/C17H23N3/c1-13-11-15-5-3-4-6-16(15)19-17(13)20(2)12-14-7-9-18-10-8-14/h3-6,11,14,18H,7-10,12H2,1-2H3. The zero-order chi connectivity index (χ0) is 13.9. The van der Waals surface area contributed by atoms with Crippen molar-refractivity contribution in [3.05, 3.63) is 35.9 Å². The molecule has 1 aromatic carbocycles. The minimum absolute atomic E-state index is 0.786. The lowest BCUT2D eigenvalue weighted by Gasteiger charge is -2.29. The molecule has 1 aliphatic heterocycles. The van der Waals surface area contributed by atoms with Crippen molar-refractivity contribution in [1.29, 1.82) is 0 Å². The van der Waals surface area contributed by atoms with Gasteiger partial charge in [-0.2, -0.15) is 0 Å². The van der Waals surface area contributed by atoms with Gasteiger partial charge in [-0.1, -0.05) is 18.2 Å². The molecule has 3 rings (SSSR count). The molecule has 0 saturated carbocycles. The summed E-state index contributed by atoms with van der Waals surface area (Å²) in [5.74, 6) is 1.91. The van der Waals surface area contributed by atoms with Crippen LogP contribution < -0.4 is 10.2 Å². The largest absolute Gasteiger partial charge is 0.359 e. The van der Waals surface area contributed by atoms with Gasteiger partial charge in [-0.25, -0.2) is 4.98 Å². The van der Waals surface area contributed by atoms with E-state index in [1.807, 2.05) is 0 Å². The second-order valence-corrected chi connectivity index (χ2v) is 5.90. The topological polar surface area (TPSA) is 28.2 Å². The van der Waals surface area contributed by atoms with Crippen molar-refractivity contribution in [3.63, 3.8) is 0 Å². The van der Waals surface area contributed by atoms with Crippen molar-refractivity contribution < 1.29 is 0 Å². The summed E-state index contributed by atoms with van der Waals surface area (Å²) in [6.07, 6.45) is 2.55.